The third-order valence-corrected chi connectivity index (χ3v) is 6.06. The molecule has 5 rings (SSSR count). The maximum Gasteiger partial charge on any atom is 0.339 e. The minimum atomic E-state index is -0.620. The van der Waals surface area contributed by atoms with E-state index in [4.69, 9.17) is 18.6 Å². The lowest BCUT2D eigenvalue weighted by atomic mass is 10.1. The predicted molar refractivity (Wildman–Crippen MR) is 130 cm³/mol. The lowest BCUT2D eigenvalue weighted by Crippen LogP contribution is -2.31. The van der Waals surface area contributed by atoms with Crippen LogP contribution < -0.4 is 0 Å². The summed E-state index contributed by atoms with van der Waals surface area (Å²) in [5.74, 6) is 0.148. The van der Waals surface area contributed by atoms with Crippen LogP contribution in [0.3, 0.4) is 0 Å². The van der Waals surface area contributed by atoms with Crippen molar-refractivity contribution in [2.75, 3.05) is 6.61 Å². The van der Waals surface area contributed by atoms with Crippen molar-refractivity contribution < 1.29 is 23.2 Å². The number of carbonyl (C=O) groups is 2. The molecule has 0 aromatic carbocycles. The second-order valence-electron chi connectivity index (χ2n) is 9.24. The number of amides is 1. The fourth-order valence-corrected chi connectivity index (χ4v) is 4.19. The number of furan rings is 2. The van der Waals surface area contributed by atoms with Gasteiger partial charge in [0.25, 0.3) is 5.91 Å². The van der Waals surface area contributed by atoms with Crippen molar-refractivity contribution in [3.63, 3.8) is 0 Å². The zero-order valence-corrected chi connectivity index (χ0v) is 20.5. The van der Waals surface area contributed by atoms with Gasteiger partial charge in [0, 0.05) is 18.2 Å². The highest BCUT2D eigenvalue weighted by Gasteiger charge is 2.36. The Labute approximate surface area is 207 Å². The van der Waals surface area contributed by atoms with Gasteiger partial charge in [-0.2, -0.15) is 10.2 Å². The first-order chi connectivity index (χ1) is 17.3. The summed E-state index contributed by atoms with van der Waals surface area (Å²) in [4.78, 5) is 31.0. The lowest BCUT2D eigenvalue weighted by Gasteiger charge is -2.19. The molecule has 1 amide bonds. The van der Waals surface area contributed by atoms with Crippen LogP contribution in [-0.4, -0.2) is 44.0 Å². The standard InChI is InChI=1S/C26H27N5O5/c1-15(2)19-11-17(18-13-27-30(16(3)4)25(18)28-19)26(33)36-14-24(32)31-21(23-8-6-10-35-23)12-20(29-31)22-7-5-9-34-22/h5-11,13,15-16,21H,12,14H2,1-4H3. The predicted octanol–water partition coefficient (Wildman–Crippen LogP) is 4.86. The van der Waals surface area contributed by atoms with E-state index in [1.807, 2.05) is 27.7 Å². The molecule has 10 heteroatoms. The Morgan fingerprint density at radius 1 is 1.14 bits per heavy atom. The van der Waals surface area contributed by atoms with Gasteiger partial charge in [0.1, 0.15) is 23.3 Å². The summed E-state index contributed by atoms with van der Waals surface area (Å²) >= 11 is 0. The monoisotopic (exact) mass is 489 g/mol. The summed E-state index contributed by atoms with van der Waals surface area (Å²) in [7, 11) is 0. The maximum atomic E-state index is 13.2. The third kappa shape index (κ3) is 4.30. The number of pyridine rings is 1. The molecule has 0 fully saturated rings. The smallest absolute Gasteiger partial charge is 0.339 e. The Morgan fingerprint density at radius 2 is 1.92 bits per heavy atom. The minimum Gasteiger partial charge on any atom is -0.467 e. The number of nitrogens with zero attached hydrogens (tertiary/aromatic N) is 5. The number of esters is 1. The third-order valence-electron chi connectivity index (χ3n) is 6.06. The van der Waals surface area contributed by atoms with Crippen LogP contribution >= 0.6 is 0 Å². The summed E-state index contributed by atoms with van der Waals surface area (Å²) in [6.07, 6.45) is 5.12. The number of hydrogen-bond donors (Lipinski definition) is 0. The molecule has 0 saturated carbocycles. The van der Waals surface area contributed by atoms with Crippen molar-refractivity contribution in [2.24, 2.45) is 5.10 Å². The number of carbonyl (C=O) groups excluding carboxylic acids is 2. The molecule has 0 saturated heterocycles. The highest BCUT2D eigenvalue weighted by molar-refractivity contribution is 6.04. The second-order valence-corrected chi connectivity index (χ2v) is 9.24. The number of hydrazone groups is 1. The molecule has 4 aromatic rings. The molecule has 1 aliphatic rings. The van der Waals surface area contributed by atoms with Crippen LogP contribution in [0.1, 0.15) is 79.7 Å². The van der Waals surface area contributed by atoms with Crippen molar-refractivity contribution in [3.05, 3.63) is 71.8 Å². The van der Waals surface area contributed by atoms with E-state index >= 15 is 0 Å². The normalized spacial score (nSPS) is 15.8. The minimum absolute atomic E-state index is 0.0674. The second kappa shape index (κ2) is 9.44. The molecule has 1 atom stereocenters. The SMILES string of the molecule is CC(C)c1cc(C(=O)OCC(=O)N2N=C(c3ccco3)CC2c2ccco2)c2cnn(C(C)C)c2n1. The van der Waals surface area contributed by atoms with Crippen molar-refractivity contribution >= 4 is 28.6 Å². The maximum absolute atomic E-state index is 13.2. The van der Waals surface area contributed by atoms with Gasteiger partial charge >= 0.3 is 5.97 Å². The number of rotatable bonds is 7. The zero-order valence-electron chi connectivity index (χ0n) is 20.5. The van der Waals surface area contributed by atoms with E-state index in [1.54, 1.807) is 53.7 Å². The van der Waals surface area contributed by atoms with Gasteiger partial charge in [-0.25, -0.2) is 19.5 Å². The van der Waals surface area contributed by atoms with Crippen molar-refractivity contribution in [1.82, 2.24) is 19.8 Å². The largest absolute Gasteiger partial charge is 0.467 e. The average Bonchev–Trinajstić information content (AvgIpc) is 3.66. The topological polar surface area (TPSA) is 116 Å². The van der Waals surface area contributed by atoms with Gasteiger partial charge < -0.3 is 13.6 Å². The van der Waals surface area contributed by atoms with E-state index in [-0.39, 0.29) is 12.0 Å². The van der Waals surface area contributed by atoms with Gasteiger partial charge in [-0.15, -0.1) is 0 Å². The Balaban J connectivity index is 1.39. The van der Waals surface area contributed by atoms with E-state index in [0.717, 1.165) is 5.69 Å². The molecule has 0 N–H and O–H groups in total. The van der Waals surface area contributed by atoms with Crippen molar-refractivity contribution in [3.8, 4) is 0 Å². The van der Waals surface area contributed by atoms with E-state index in [0.29, 0.717) is 40.2 Å². The highest BCUT2D eigenvalue weighted by atomic mass is 16.5. The van der Waals surface area contributed by atoms with Gasteiger partial charge in [0.2, 0.25) is 0 Å². The molecule has 10 nitrogen and oxygen atoms in total. The summed E-state index contributed by atoms with van der Waals surface area (Å²) in [5, 5.41) is 10.7. The first-order valence-electron chi connectivity index (χ1n) is 11.9. The molecule has 0 aliphatic carbocycles. The first kappa shape index (κ1) is 23.5. The van der Waals surface area contributed by atoms with Crippen molar-refractivity contribution in [2.45, 2.75) is 52.1 Å². The molecule has 0 spiro atoms. The van der Waals surface area contributed by atoms with E-state index in [2.05, 4.69) is 10.2 Å². The van der Waals surface area contributed by atoms with Crippen LogP contribution in [0.4, 0.5) is 0 Å². The molecular weight excluding hydrogens is 462 g/mol. The molecule has 186 valence electrons. The van der Waals surface area contributed by atoms with Crippen LogP contribution in [0.15, 0.2) is 63.0 Å². The first-order valence-corrected chi connectivity index (χ1v) is 11.9. The molecule has 1 aliphatic heterocycles. The lowest BCUT2D eigenvalue weighted by molar-refractivity contribution is -0.136. The molecule has 0 bridgehead atoms. The van der Waals surface area contributed by atoms with Crippen LogP contribution in [0, 0.1) is 0 Å². The molecule has 0 radical (unpaired) electrons. The number of hydrogen-bond acceptors (Lipinski definition) is 8. The Hall–Kier alpha value is -4.21. The van der Waals surface area contributed by atoms with Crippen LogP contribution in [0.25, 0.3) is 11.0 Å². The van der Waals surface area contributed by atoms with E-state index < -0.39 is 24.5 Å². The average molecular weight is 490 g/mol. The Bertz CT molecular complexity index is 1420. The van der Waals surface area contributed by atoms with Gasteiger partial charge in [0.05, 0.1) is 29.7 Å². The molecular formula is C26H27N5O5. The van der Waals surface area contributed by atoms with Gasteiger partial charge in [0.15, 0.2) is 12.3 Å². The van der Waals surface area contributed by atoms with Gasteiger partial charge in [-0.05, 0) is 50.1 Å². The number of fused-ring (bicyclic) bond motifs is 1. The molecule has 1 unspecified atom stereocenters. The van der Waals surface area contributed by atoms with Gasteiger partial charge in [-0.3, -0.25) is 4.79 Å². The summed E-state index contributed by atoms with van der Waals surface area (Å²) in [6.45, 7) is 7.51. The van der Waals surface area contributed by atoms with Crippen LogP contribution in [-0.2, 0) is 9.53 Å². The quantitative estimate of drug-likeness (QED) is 0.341. The van der Waals surface area contributed by atoms with E-state index in [1.165, 1.54) is 5.01 Å². The van der Waals surface area contributed by atoms with E-state index in [9.17, 15) is 9.59 Å². The molecule has 4 aromatic heterocycles. The van der Waals surface area contributed by atoms with Crippen LogP contribution in [0.5, 0.6) is 0 Å². The molecule has 5 heterocycles. The Morgan fingerprint density at radius 3 is 2.58 bits per heavy atom. The number of ether oxygens (including phenoxy) is 1. The highest BCUT2D eigenvalue weighted by Crippen LogP contribution is 2.33. The summed E-state index contributed by atoms with van der Waals surface area (Å²) in [6, 6.07) is 8.39. The summed E-state index contributed by atoms with van der Waals surface area (Å²) < 4.78 is 18.3. The zero-order chi connectivity index (χ0) is 25.4. The summed E-state index contributed by atoms with van der Waals surface area (Å²) in [5.41, 5.74) is 2.29. The number of aromatic nitrogens is 3. The Kier molecular flexibility index (Phi) is 6.17. The van der Waals surface area contributed by atoms with Crippen molar-refractivity contribution in [1.29, 1.82) is 0 Å². The van der Waals surface area contributed by atoms with Gasteiger partial charge in [-0.1, -0.05) is 13.8 Å². The fraction of sp³-hybridized carbons (Fsp3) is 0.346. The fourth-order valence-electron chi connectivity index (χ4n) is 4.19. The molecule has 36 heavy (non-hydrogen) atoms. The van der Waals surface area contributed by atoms with Crippen LogP contribution in [0.2, 0.25) is 0 Å².